The average molecular weight is 479 g/mol. The van der Waals surface area contributed by atoms with Crippen molar-refractivity contribution in [1.29, 1.82) is 0 Å². The molecule has 1 fully saturated rings. The van der Waals surface area contributed by atoms with Crippen molar-refractivity contribution in [2.75, 3.05) is 33.0 Å². The number of halogens is 1. The second kappa shape index (κ2) is 12.8. The van der Waals surface area contributed by atoms with E-state index in [9.17, 15) is 9.18 Å². The van der Waals surface area contributed by atoms with E-state index in [1.54, 1.807) is 12.1 Å². The minimum atomic E-state index is -0.491. The maximum Gasteiger partial charge on any atom is 0.254 e. The van der Waals surface area contributed by atoms with E-state index in [0.29, 0.717) is 19.3 Å². The molecule has 5 rings (SSSR count). The molecule has 1 unspecified atom stereocenters. The summed E-state index contributed by atoms with van der Waals surface area (Å²) in [5.74, 6) is 2.20. The molecule has 3 aromatic rings. The van der Waals surface area contributed by atoms with Crippen LogP contribution in [0.3, 0.4) is 0 Å². The molecule has 0 radical (unpaired) electrons. The van der Waals surface area contributed by atoms with Crippen molar-refractivity contribution in [3.63, 3.8) is 0 Å². The van der Waals surface area contributed by atoms with E-state index in [4.69, 9.17) is 14.2 Å². The molecular weight excluding hydrogens is 447 g/mol. The summed E-state index contributed by atoms with van der Waals surface area (Å²) >= 11 is 0. The highest BCUT2D eigenvalue weighted by Gasteiger charge is 2.16. The predicted molar refractivity (Wildman–Crippen MR) is 133 cm³/mol. The number of nitrogens with one attached hydrogen (secondary N) is 2. The number of carbonyl (C=O) groups excluding carboxylic acids is 1. The Balaban J connectivity index is 0.000000165. The van der Waals surface area contributed by atoms with Crippen molar-refractivity contribution < 1.29 is 23.4 Å². The van der Waals surface area contributed by atoms with E-state index in [0.717, 1.165) is 48.9 Å². The van der Waals surface area contributed by atoms with Crippen LogP contribution in [0, 0.1) is 11.7 Å². The fourth-order valence-corrected chi connectivity index (χ4v) is 3.95. The van der Waals surface area contributed by atoms with Gasteiger partial charge in [0.25, 0.3) is 5.91 Å². The van der Waals surface area contributed by atoms with Crippen LogP contribution in [0.5, 0.6) is 17.2 Å². The summed E-state index contributed by atoms with van der Waals surface area (Å²) in [4.78, 5) is 11.7. The van der Waals surface area contributed by atoms with Gasteiger partial charge in [-0.3, -0.25) is 4.79 Å². The Labute approximate surface area is 205 Å². The summed E-state index contributed by atoms with van der Waals surface area (Å²) < 4.78 is 29.7. The van der Waals surface area contributed by atoms with Gasteiger partial charge in [-0.05, 0) is 55.6 Å². The van der Waals surface area contributed by atoms with Crippen molar-refractivity contribution in [2.24, 2.45) is 5.92 Å². The van der Waals surface area contributed by atoms with Crippen LogP contribution < -0.4 is 24.8 Å². The van der Waals surface area contributed by atoms with E-state index >= 15 is 0 Å². The SMILES string of the molecule is O=C(NCCc1ccccc1)c1ccccc1F.c1cc2c(cc1OCC1CCCNC1)OCO2. The van der Waals surface area contributed by atoms with Crippen LogP contribution in [-0.2, 0) is 6.42 Å². The molecule has 2 aliphatic rings. The molecule has 0 aromatic heterocycles. The third-order valence-corrected chi connectivity index (χ3v) is 5.89. The van der Waals surface area contributed by atoms with Crippen molar-refractivity contribution in [1.82, 2.24) is 10.6 Å². The maximum atomic E-state index is 13.3. The van der Waals surface area contributed by atoms with Gasteiger partial charge < -0.3 is 24.8 Å². The molecule has 1 amide bonds. The van der Waals surface area contributed by atoms with Gasteiger partial charge in [-0.25, -0.2) is 4.39 Å². The Morgan fingerprint density at radius 3 is 2.63 bits per heavy atom. The van der Waals surface area contributed by atoms with Crippen LogP contribution in [0.15, 0.2) is 72.8 Å². The van der Waals surface area contributed by atoms with Crippen molar-refractivity contribution in [2.45, 2.75) is 19.3 Å². The summed E-state index contributed by atoms with van der Waals surface area (Å²) in [6.07, 6.45) is 3.23. The predicted octanol–water partition coefficient (Wildman–Crippen LogP) is 4.59. The third kappa shape index (κ3) is 7.45. The van der Waals surface area contributed by atoms with Gasteiger partial charge in [0.1, 0.15) is 11.6 Å². The molecule has 35 heavy (non-hydrogen) atoms. The molecule has 184 valence electrons. The van der Waals surface area contributed by atoms with Crippen molar-refractivity contribution in [3.05, 3.63) is 89.7 Å². The molecular formula is C28H31FN2O4. The molecule has 2 N–H and O–H groups in total. The van der Waals surface area contributed by atoms with E-state index in [1.165, 1.54) is 25.0 Å². The molecule has 0 bridgehead atoms. The first kappa shape index (κ1) is 24.5. The minimum absolute atomic E-state index is 0.0885. The highest BCUT2D eigenvalue weighted by atomic mass is 19.1. The van der Waals surface area contributed by atoms with Crippen LogP contribution in [0.25, 0.3) is 0 Å². The summed E-state index contributed by atoms with van der Waals surface area (Å²) in [6.45, 7) is 3.78. The molecule has 1 atom stereocenters. The number of rotatable bonds is 7. The van der Waals surface area contributed by atoms with E-state index < -0.39 is 5.82 Å². The zero-order chi connectivity index (χ0) is 24.3. The average Bonchev–Trinajstić information content (AvgIpc) is 3.37. The topological polar surface area (TPSA) is 68.8 Å². The van der Waals surface area contributed by atoms with Gasteiger partial charge in [0.05, 0.1) is 12.2 Å². The third-order valence-electron chi connectivity index (χ3n) is 5.89. The summed E-state index contributed by atoms with van der Waals surface area (Å²) in [6, 6.07) is 21.6. The molecule has 1 saturated heterocycles. The molecule has 7 heteroatoms. The number of hydrogen-bond donors (Lipinski definition) is 2. The highest BCUT2D eigenvalue weighted by Crippen LogP contribution is 2.35. The van der Waals surface area contributed by atoms with Gasteiger partial charge in [0.15, 0.2) is 11.5 Å². The molecule has 2 heterocycles. The lowest BCUT2D eigenvalue weighted by Gasteiger charge is -2.22. The fraction of sp³-hybridized carbons (Fsp3) is 0.321. The Morgan fingerprint density at radius 1 is 1.03 bits per heavy atom. The van der Waals surface area contributed by atoms with Gasteiger partial charge in [0.2, 0.25) is 6.79 Å². The maximum absolute atomic E-state index is 13.3. The molecule has 0 spiro atoms. The number of carbonyl (C=O) groups is 1. The van der Waals surface area contributed by atoms with Crippen molar-refractivity contribution >= 4 is 5.91 Å². The lowest BCUT2D eigenvalue weighted by molar-refractivity contribution is 0.0950. The van der Waals surface area contributed by atoms with Gasteiger partial charge in [-0.2, -0.15) is 0 Å². The van der Waals surface area contributed by atoms with Crippen LogP contribution in [0.4, 0.5) is 4.39 Å². The largest absolute Gasteiger partial charge is 0.493 e. The Hall–Kier alpha value is -3.58. The number of fused-ring (bicyclic) bond motifs is 1. The molecule has 6 nitrogen and oxygen atoms in total. The molecule has 0 aliphatic carbocycles. The standard InChI is InChI=1S/C15H14FNO.C13H17NO3/c16-14-9-5-4-8-13(14)15(18)17-11-10-12-6-2-1-3-7-12;1-2-10(7-14-5-1)8-15-11-3-4-12-13(6-11)17-9-16-12/h1-9H,10-11H2,(H,17,18);3-4,6,10,14H,1-2,5,7-9H2. The second-order valence-corrected chi connectivity index (χ2v) is 8.51. The highest BCUT2D eigenvalue weighted by molar-refractivity contribution is 5.94. The number of amides is 1. The fourth-order valence-electron chi connectivity index (χ4n) is 3.95. The van der Waals surface area contributed by atoms with Gasteiger partial charge in [-0.15, -0.1) is 0 Å². The normalized spacial score (nSPS) is 16.1. The first-order chi connectivity index (χ1) is 17.2. The molecule has 0 saturated carbocycles. The smallest absolute Gasteiger partial charge is 0.254 e. The molecule has 3 aromatic carbocycles. The Morgan fingerprint density at radius 2 is 1.83 bits per heavy atom. The quantitative estimate of drug-likeness (QED) is 0.520. The van der Waals surface area contributed by atoms with Gasteiger partial charge in [-0.1, -0.05) is 42.5 Å². The monoisotopic (exact) mass is 478 g/mol. The summed E-state index contributed by atoms with van der Waals surface area (Å²) in [7, 11) is 0. The van der Waals surface area contributed by atoms with Crippen molar-refractivity contribution in [3.8, 4) is 17.2 Å². The zero-order valence-electron chi connectivity index (χ0n) is 19.7. The number of hydrogen-bond acceptors (Lipinski definition) is 5. The van der Waals surface area contributed by atoms with Crippen LogP contribution in [-0.4, -0.2) is 38.9 Å². The lowest BCUT2D eigenvalue weighted by atomic mass is 10.0. The first-order valence-electron chi connectivity index (χ1n) is 12.0. The van der Waals surface area contributed by atoms with Gasteiger partial charge >= 0.3 is 0 Å². The first-order valence-corrected chi connectivity index (χ1v) is 12.0. The number of ether oxygens (including phenoxy) is 3. The Kier molecular flexibility index (Phi) is 8.95. The van der Waals surface area contributed by atoms with E-state index in [2.05, 4.69) is 10.6 Å². The van der Waals surface area contributed by atoms with Gasteiger partial charge in [0, 0.05) is 25.1 Å². The van der Waals surface area contributed by atoms with E-state index in [-0.39, 0.29) is 11.5 Å². The second-order valence-electron chi connectivity index (χ2n) is 8.51. The summed E-state index contributed by atoms with van der Waals surface area (Å²) in [5.41, 5.74) is 1.23. The van der Waals surface area contributed by atoms with Crippen LogP contribution >= 0.6 is 0 Å². The number of benzene rings is 3. The van der Waals surface area contributed by atoms with Crippen LogP contribution in [0.2, 0.25) is 0 Å². The molecule has 2 aliphatic heterocycles. The minimum Gasteiger partial charge on any atom is -0.493 e. The summed E-state index contributed by atoms with van der Waals surface area (Å²) in [5, 5.41) is 6.10. The zero-order valence-corrected chi connectivity index (χ0v) is 19.7. The van der Waals surface area contributed by atoms with Crippen LogP contribution in [0.1, 0.15) is 28.8 Å². The Bertz CT molecular complexity index is 1090. The van der Waals surface area contributed by atoms with E-state index in [1.807, 2.05) is 48.5 Å². The lowest BCUT2D eigenvalue weighted by Crippen LogP contribution is -2.33. The number of piperidine rings is 1.